The predicted octanol–water partition coefficient (Wildman–Crippen LogP) is 7.80. The second kappa shape index (κ2) is 40.0. The zero-order valence-corrected chi connectivity index (χ0v) is 40.9. The van der Waals surface area contributed by atoms with E-state index in [1.807, 2.05) is 0 Å². The number of hydrogen-bond acceptors (Lipinski definition) is 14. The summed E-state index contributed by atoms with van der Waals surface area (Å²) in [6, 6.07) is 0. The Morgan fingerprint density at radius 1 is 0.500 bits per heavy atom. The zero-order chi connectivity index (χ0) is 48.0. The third-order valence-electron chi connectivity index (χ3n) is 12.4. The molecule has 2 rings (SSSR count). The van der Waals surface area contributed by atoms with Crippen LogP contribution in [0.2, 0.25) is 0 Å². The summed E-state index contributed by atoms with van der Waals surface area (Å²) in [5, 5.41) is 72.1. The van der Waals surface area contributed by atoms with Gasteiger partial charge in [0.15, 0.2) is 12.6 Å². The highest BCUT2D eigenvalue weighted by Gasteiger charge is 2.47. The average molecular weight is 943 g/mol. The maximum Gasteiger partial charge on any atom is 0.306 e. The van der Waals surface area contributed by atoms with Crippen LogP contribution in [0.15, 0.2) is 36.5 Å². The Bertz CT molecular complexity index is 1230. The lowest BCUT2D eigenvalue weighted by molar-refractivity contribution is -0.332. The Kier molecular flexibility index (Phi) is 36.6. The van der Waals surface area contributed by atoms with Gasteiger partial charge in [0.1, 0.15) is 54.9 Å². The predicted molar refractivity (Wildman–Crippen MR) is 256 cm³/mol. The van der Waals surface area contributed by atoms with Crippen molar-refractivity contribution >= 4 is 5.97 Å². The number of unbranched alkanes of at least 4 members (excludes halogenated alkanes) is 21. The quantitative estimate of drug-likeness (QED) is 0.0177. The number of ether oxygens (including phenoxy) is 6. The maximum atomic E-state index is 13.0. The van der Waals surface area contributed by atoms with Gasteiger partial charge in [0.2, 0.25) is 0 Å². The molecule has 0 spiro atoms. The number of carbonyl (C=O) groups excluding carboxylic acids is 1. The zero-order valence-electron chi connectivity index (χ0n) is 40.9. The van der Waals surface area contributed by atoms with E-state index in [0.717, 1.165) is 57.8 Å². The van der Waals surface area contributed by atoms with Crippen LogP contribution >= 0.6 is 0 Å². The largest absolute Gasteiger partial charge is 0.457 e. The van der Waals surface area contributed by atoms with E-state index < -0.39 is 80.7 Å². The summed E-state index contributed by atoms with van der Waals surface area (Å²) in [5.41, 5.74) is 0. The van der Waals surface area contributed by atoms with Gasteiger partial charge in [-0.25, -0.2) is 0 Å². The van der Waals surface area contributed by atoms with Gasteiger partial charge < -0.3 is 64.2 Å². The third kappa shape index (κ3) is 27.4. The molecule has 2 aliphatic heterocycles. The Labute approximate surface area is 398 Å². The van der Waals surface area contributed by atoms with Crippen LogP contribution in [0.1, 0.15) is 187 Å². The van der Waals surface area contributed by atoms with Gasteiger partial charge in [-0.1, -0.05) is 166 Å². The molecule has 66 heavy (non-hydrogen) atoms. The fraction of sp³-hybridized carbons (Fsp3) is 0.865. The van der Waals surface area contributed by atoms with Crippen molar-refractivity contribution in [3.8, 4) is 0 Å². The van der Waals surface area contributed by atoms with Crippen LogP contribution < -0.4 is 0 Å². The number of rotatable bonds is 41. The molecule has 0 aliphatic carbocycles. The molecular formula is C52H94O14. The summed E-state index contributed by atoms with van der Waals surface area (Å²) in [6.07, 6.45) is 27.7. The minimum atomic E-state index is -1.71. The van der Waals surface area contributed by atoms with Crippen molar-refractivity contribution in [2.75, 3.05) is 33.0 Å². The lowest BCUT2D eigenvalue weighted by atomic mass is 9.98. The molecule has 0 aromatic rings. The van der Waals surface area contributed by atoms with E-state index in [1.165, 1.54) is 103 Å². The van der Waals surface area contributed by atoms with Crippen LogP contribution in [-0.4, -0.2) is 142 Å². The maximum absolute atomic E-state index is 13.0. The molecule has 2 fully saturated rings. The molecule has 0 radical (unpaired) electrons. The van der Waals surface area contributed by atoms with Gasteiger partial charge in [0.25, 0.3) is 0 Å². The molecule has 0 saturated carbocycles. The van der Waals surface area contributed by atoms with Crippen molar-refractivity contribution in [3.05, 3.63) is 36.5 Å². The highest BCUT2D eigenvalue weighted by atomic mass is 16.7. The first-order valence-electron chi connectivity index (χ1n) is 26.1. The molecule has 0 aromatic heterocycles. The Morgan fingerprint density at radius 2 is 0.939 bits per heavy atom. The molecule has 11 unspecified atom stereocenters. The van der Waals surface area contributed by atoms with Crippen LogP contribution in [0.5, 0.6) is 0 Å². The molecule has 0 bridgehead atoms. The third-order valence-corrected chi connectivity index (χ3v) is 12.4. The molecular weight excluding hydrogens is 849 g/mol. The van der Waals surface area contributed by atoms with E-state index in [4.69, 9.17) is 28.4 Å². The first-order chi connectivity index (χ1) is 32.1. The number of allylic oxidation sites excluding steroid dienone is 6. The van der Waals surface area contributed by atoms with Crippen LogP contribution in [0.3, 0.4) is 0 Å². The topological polar surface area (TPSA) is 214 Å². The summed E-state index contributed by atoms with van der Waals surface area (Å²) in [7, 11) is 0. The van der Waals surface area contributed by atoms with Gasteiger partial charge in [-0.3, -0.25) is 4.79 Å². The van der Waals surface area contributed by atoms with E-state index in [2.05, 4.69) is 50.3 Å². The molecule has 386 valence electrons. The first-order valence-corrected chi connectivity index (χ1v) is 26.1. The normalized spacial score (nSPS) is 26.6. The van der Waals surface area contributed by atoms with Gasteiger partial charge in [0.05, 0.1) is 26.4 Å². The van der Waals surface area contributed by atoms with Crippen molar-refractivity contribution < 1.29 is 69.0 Å². The molecule has 2 aliphatic rings. The van der Waals surface area contributed by atoms with Crippen LogP contribution in [0.4, 0.5) is 0 Å². The Hall–Kier alpha value is -1.79. The monoisotopic (exact) mass is 943 g/mol. The van der Waals surface area contributed by atoms with Crippen LogP contribution in [0.25, 0.3) is 0 Å². The number of aliphatic hydroxyl groups is 7. The van der Waals surface area contributed by atoms with E-state index in [1.54, 1.807) is 0 Å². The fourth-order valence-electron chi connectivity index (χ4n) is 8.12. The number of esters is 1. The van der Waals surface area contributed by atoms with Gasteiger partial charge in [-0.05, 0) is 51.4 Å². The van der Waals surface area contributed by atoms with Gasteiger partial charge >= 0.3 is 5.97 Å². The van der Waals surface area contributed by atoms with Crippen molar-refractivity contribution in [2.45, 2.75) is 255 Å². The average Bonchev–Trinajstić information content (AvgIpc) is 3.31. The van der Waals surface area contributed by atoms with Crippen LogP contribution in [-0.2, 0) is 33.2 Å². The SMILES string of the molecule is CCCCC/C=C\C/C=C\C/C=C\CCCCCCCCCOCC(COC1OC(COC2OC(CO)C(O)C(O)C2O)C(O)C(O)C1O)OC(=O)CCCCCCCCCCCCCC. The molecule has 0 aromatic carbocycles. The molecule has 14 nitrogen and oxygen atoms in total. The number of aliphatic hydroxyl groups excluding tert-OH is 7. The number of carbonyl (C=O) groups is 1. The van der Waals surface area contributed by atoms with Gasteiger partial charge in [-0.15, -0.1) is 0 Å². The number of hydrogen-bond donors (Lipinski definition) is 7. The lowest BCUT2D eigenvalue weighted by Crippen LogP contribution is -2.61. The van der Waals surface area contributed by atoms with Crippen molar-refractivity contribution in [3.63, 3.8) is 0 Å². The smallest absolute Gasteiger partial charge is 0.306 e. The highest BCUT2D eigenvalue weighted by molar-refractivity contribution is 5.69. The van der Waals surface area contributed by atoms with E-state index in [-0.39, 0.29) is 25.6 Å². The first kappa shape index (κ1) is 60.3. The summed E-state index contributed by atoms with van der Waals surface area (Å²) in [6.45, 7) is 3.64. The van der Waals surface area contributed by atoms with Crippen molar-refractivity contribution in [1.82, 2.24) is 0 Å². The molecule has 2 heterocycles. The van der Waals surface area contributed by atoms with E-state index in [0.29, 0.717) is 13.0 Å². The summed E-state index contributed by atoms with van der Waals surface area (Å²) < 4.78 is 34.3. The molecule has 14 heteroatoms. The van der Waals surface area contributed by atoms with Crippen molar-refractivity contribution in [1.29, 1.82) is 0 Å². The Morgan fingerprint density at radius 3 is 1.50 bits per heavy atom. The summed E-state index contributed by atoms with van der Waals surface area (Å²) >= 11 is 0. The standard InChI is InChI=1S/C52H94O14/c1-3-5-7-9-11-13-15-17-18-19-20-21-22-23-24-26-28-30-32-34-36-61-38-41(64-44(54)35-33-31-29-27-25-16-14-12-10-8-6-4-2)39-62-51-50(60)48(58)46(56)43(66-51)40-63-52-49(59)47(57)45(55)42(37-53)65-52/h11,13,17-18,20-21,41-43,45-53,55-60H,3-10,12,14-16,19,22-40H2,1-2H3/b13-11-,18-17-,21-20-. The lowest BCUT2D eigenvalue weighted by Gasteiger charge is -2.42. The molecule has 7 N–H and O–H groups in total. The van der Waals surface area contributed by atoms with Gasteiger partial charge in [0, 0.05) is 13.0 Å². The molecule has 0 amide bonds. The fourth-order valence-corrected chi connectivity index (χ4v) is 8.12. The minimum Gasteiger partial charge on any atom is -0.457 e. The van der Waals surface area contributed by atoms with Gasteiger partial charge in [-0.2, -0.15) is 0 Å². The molecule has 2 saturated heterocycles. The minimum absolute atomic E-state index is 0.0569. The van der Waals surface area contributed by atoms with E-state index in [9.17, 15) is 40.5 Å². The Balaban J connectivity index is 1.75. The van der Waals surface area contributed by atoms with E-state index >= 15 is 0 Å². The van der Waals surface area contributed by atoms with Crippen LogP contribution in [0, 0.1) is 0 Å². The van der Waals surface area contributed by atoms with Crippen molar-refractivity contribution in [2.24, 2.45) is 0 Å². The second-order valence-corrected chi connectivity index (χ2v) is 18.3. The molecule has 11 atom stereocenters. The summed E-state index contributed by atoms with van der Waals surface area (Å²) in [4.78, 5) is 13.0. The second-order valence-electron chi connectivity index (χ2n) is 18.3. The highest BCUT2D eigenvalue weighted by Crippen LogP contribution is 2.26. The summed E-state index contributed by atoms with van der Waals surface area (Å²) in [5.74, 6) is -0.380.